The lowest BCUT2D eigenvalue weighted by Crippen LogP contribution is -2.26. The number of aromatic nitrogens is 2. The molecule has 0 fully saturated rings. The van der Waals surface area contributed by atoms with Crippen LogP contribution in [0.2, 0.25) is 5.02 Å². The zero-order valence-electron chi connectivity index (χ0n) is 14.5. The Kier molecular flexibility index (Phi) is 5.68. The molecule has 1 amide bonds. The zero-order chi connectivity index (χ0) is 18.5. The van der Waals surface area contributed by atoms with Crippen molar-refractivity contribution in [2.45, 2.75) is 25.8 Å². The minimum Gasteiger partial charge on any atom is -0.341 e. The normalized spacial score (nSPS) is 10.8. The first kappa shape index (κ1) is 18.1. The highest BCUT2D eigenvalue weighted by Gasteiger charge is 2.11. The topological polar surface area (TPSA) is 66.1 Å². The van der Waals surface area contributed by atoms with Gasteiger partial charge in [0.1, 0.15) is 5.82 Å². The number of H-pyrrole nitrogens is 1. The lowest BCUT2D eigenvalue weighted by Gasteiger charge is -2.18. The number of para-hydroxylation sites is 1. The van der Waals surface area contributed by atoms with Crippen molar-refractivity contribution in [3.63, 3.8) is 0 Å². The summed E-state index contributed by atoms with van der Waals surface area (Å²) >= 11 is 6.14. The Morgan fingerprint density at radius 1 is 1.15 bits per heavy atom. The van der Waals surface area contributed by atoms with E-state index < -0.39 is 0 Å². The standard InChI is InChI=1S/C20H20ClN3O2/c1-24(13-14-7-2-4-9-16(14)21)19(25)12-6-11-18-22-17-10-5-3-8-15(17)20(26)23-18/h2-5,7-10H,6,11-13H2,1H3,(H,22,23,26). The summed E-state index contributed by atoms with van der Waals surface area (Å²) in [6, 6.07) is 14.7. The molecule has 1 aromatic heterocycles. The van der Waals surface area contributed by atoms with Crippen LogP contribution in [0.25, 0.3) is 10.9 Å². The Balaban J connectivity index is 1.57. The van der Waals surface area contributed by atoms with E-state index in [1.807, 2.05) is 42.5 Å². The van der Waals surface area contributed by atoms with Gasteiger partial charge in [0, 0.05) is 31.5 Å². The molecule has 0 aliphatic heterocycles. The highest BCUT2D eigenvalue weighted by Crippen LogP contribution is 2.17. The predicted octanol–water partition coefficient (Wildman–Crippen LogP) is 3.56. The smallest absolute Gasteiger partial charge is 0.258 e. The molecule has 3 rings (SSSR count). The second-order valence-electron chi connectivity index (χ2n) is 6.22. The van der Waals surface area contributed by atoms with Gasteiger partial charge in [-0.1, -0.05) is 41.9 Å². The molecule has 1 heterocycles. The van der Waals surface area contributed by atoms with E-state index in [-0.39, 0.29) is 11.5 Å². The summed E-state index contributed by atoms with van der Waals surface area (Å²) in [5.74, 6) is 0.642. The van der Waals surface area contributed by atoms with Crippen LogP contribution in [0, 0.1) is 0 Å². The maximum atomic E-state index is 12.3. The van der Waals surface area contributed by atoms with E-state index in [9.17, 15) is 9.59 Å². The van der Waals surface area contributed by atoms with Gasteiger partial charge in [-0.2, -0.15) is 0 Å². The van der Waals surface area contributed by atoms with Gasteiger partial charge in [0.2, 0.25) is 5.91 Å². The second-order valence-corrected chi connectivity index (χ2v) is 6.63. The molecule has 2 aromatic carbocycles. The fraction of sp³-hybridized carbons (Fsp3) is 0.250. The van der Waals surface area contributed by atoms with Crippen LogP contribution in [0.15, 0.2) is 53.3 Å². The maximum absolute atomic E-state index is 12.3. The molecular formula is C20H20ClN3O2. The maximum Gasteiger partial charge on any atom is 0.258 e. The number of aryl methyl sites for hydroxylation is 1. The zero-order valence-corrected chi connectivity index (χ0v) is 15.3. The average molecular weight is 370 g/mol. The average Bonchev–Trinajstić information content (AvgIpc) is 2.63. The van der Waals surface area contributed by atoms with Gasteiger partial charge in [0.05, 0.1) is 10.9 Å². The molecule has 0 saturated heterocycles. The number of aromatic amines is 1. The van der Waals surface area contributed by atoms with Gasteiger partial charge in [-0.15, -0.1) is 0 Å². The van der Waals surface area contributed by atoms with E-state index in [0.29, 0.717) is 47.6 Å². The van der Waals surface area contributed by atoms with E-state index in [1.165, 1.54) is 0 Å². The van der Waals surface area contributed by atoms with Crippen LogP contribution in [0.3, 0.4) is 0 Å². The van der Waals surface area contributed by atoms with Gasteiger partial charge in [0.25, 0.3) is 5.56 Å². The number of hydrogen-bond donors (Lipinski definition) is 1. The number of amides is 1. The first-order chi connectivity index (χ1) is 12.5. The van der Waals surface area contributed by atoms with Crippen molar-refractivity contribution < 1.29 is 4.79 Å². The molecule has 0 bridgehead atoms. The Morgan fingerprint density at radius 2 is 1.88 bits per heavy atom. The molecule has 0 aliphatic rings. The van der Waals surface area contributed by atoms with E-state index in [0.717, 1.165) is 5.56 Å². The Morgan fingerprint density at radius 3 is 2.69 bits per heavy atom. The molecule has 0 unspecified atom stereocenters. The number of benzene rings is 2. The fourth-order valence-electron chi connectivity index (χ4n) is 2.82. The van der Waals surface area contributed by atoms with Crippen LogP contribution in [-0.4, -0.2) is 27.8 Å². The van der Waals surface area contributed by atoms with E-state index >= 15 is 0 Å². The van der Waals surface area contributed by atoms with Gasteiger partial charge in [-0.05, 0) is 30.2 Å². The van der Waals surface area contributed by atoms with E-state index in [1.54, 1.807) is 18.0 Å². The second kappa shape index (κ2) is 8.15. The molecule has 0 atom stereocenters. The summed E-state index contributed by atoms with van der Waals surface area (Å²) in [5.41, 5.74) is 1.45. The van der Waals surface area contributed by atoms with Gasteiger partial charge >= 0.3 is 0 Å². The third kappa shape index (κ3) is 4.29. The highest BCUT2D eigenvalue weighted by molar-refractivity contribution is 6.31. The van der Waals surface area contributed by atoms with Crippen LogP contribution < -0.4 is 5.56 Å². The van der Waals surface area contributed by atoms with Gasteiger partial charge < -0.3 is 9.88 Å². The quantitative estimate of drug-likeness (QED) is 0.722. The number of carbonyl (C=O) groups is 1. The Bertz CT molecular complexity index is 984. The van der Waals surface area contributed by atoms with E-state index in [2.05, 4.69) is 9.97 Å². The molecular weight excluding hydrogens is 350 g/mol. The van der Waals surface area contributed by atoms with Crippen molar-refractivity contribution >= 4 is 28.4 Å². The SMILES string of the molecule is CN(Cc1ccccc1Cl)C(=O)CCCc1nc2ccccc2c(=O)[nH]1. The van der Waals surface area contributed by atoms with Gasteiger partial charge in [-0.25, -0.2) is 4.98 Å². The van der Waals surface area contributed by atoms with Crippen LogP contribution >= 0.6 is 11.6 Å². The molecule has 5 nitrogen and oxygen atoms in total. The van der Waals surface area contributed by atoms with Crippen LogP contribution in [-0.2, 0) is 17.8 Å². The van der Waals surface area contributed by atoms with Crippen molar-refractivity contribution in [1.82, 2.24) is 14.9 Å². The number of carbonyl (C=O) groups excluding carboxylic acids is 1. The Labute approximate surface area is 156 Å². The summed E-state index contributed by atoms with van der Waals surface area (Å²) in [6.45, 7) is 0.476. The van der Waals surface area contributed by atoms with E-state index in [4.69, 9.17) is 11.6 Å². The number of rotatable bonds is 6. The minimum atomic E-state index is -0.146. The Hall–Kier alpha value is -2.66. The summed E-state index contributed by atoms with van der Waals surface area (Å²) in [7, 11) is 1.77. The molecule has 0 spiro atoms. The summed E-state index contributed by atoms with van der Waals surface area (Å²) in [6.07, 6.45) is 1.55. The third-order valence-electron chi connectivity index (χ3n) is 4.26. The third-order valence-corrected chi connectivity index (χ3v) is 4.63. The van der Waals surface area contributed by atoms with Crippen molar-refractivity contribution in [2.75, 3.05) is 7.05 Å². The van der Waals surface area contributed by atoms with Crippen LogP contribution in [0.1, 0.15) is 24.2 Å². The molecule has 0 aliphatic carbocycles. The van der Waals surface area contributed by atoms with Crippen molar-refractivity contribution in [1.29, 1.82) is 0 Å². The molecule has 134 valence electrons. The number of hydrogen-bond acceptors (Lipinski definition) is 3. The monoisotopic (exact) mass is 369 g/mol. The molecule has 0 radical (unpaired) electrons. The number of halogens is 1. The van der Waals surface area contributed by atoms with Gasteiger partial charge in [-0.3, -0.25) is 9.59 Å². The number of nitrogens with zero attached hydrogens (tertiary/aromatic N) is 2. The summed E-state index contributed by atoms with van der Waals surface area (Å²) < 4.78 is 0. The molecule has 1 N–H and O–H groups in total. The highest BCUT2D eigenvalue weighted by atomic mass is 35.5. The molecule has 3 aromatic rings. The first-order valence-corrected chi connectivity index (χ1v) is 8.87. The molecule has 6 heteroatoms. The minimum absolute atomic E-state index is 0.0352. The van der Waals surface area contributed by atoms with Crippen molar-refractivity contribution in [3.05, 3.63) is 75.3 Å². The lowest BCUT2D eigenvalue weighted by atomic mass is 10.1. The summed E-state index contributed by atoms with van der Waals surface area (Å²) in [5, 5.41) is 1.23. The van der Waals surface area contributed by atoms with Crippen molar-refractivity contribution in [2.24, 2.45) is 0 Å². The van der Waals surface area contributed by atoms with Crippen LogP contribution in [0.4, 0.5) is 0 Å². The number of nitrogens with one attached hydrogen (secondary N) is 1. The lowest BCUT2D eigenvalue weighted by molar-refractivity contribution is -0.130. The molecule has 0 saturated carbocycles. The molecule has 26 heavy (non-hydrogen) atoms. The van der Waals surface area contributed by atoms with Gasteiger partial charge in [0.15, 0.2) is 0 Å². The van der Waals surface area contributed by atoms with Crippen LogP contribution in [0.5, 0.6) is 0 Å². The largest absolute Gasteiger partial charge is 0.341 e. The van der Waals surface area contributed by atoms with Crippen molar-refractivity contribution in [3.8, 4) is 0 Å². The summed E-state index contributed by atoms with van der Waals surface area (Å²) in [4.78, 5) is 33.3. The first-order valence-electron chi connectivity index (χ1n) is 8.50. The number of fused-ring (bicyclic) bond motifs is 1. The fourth-order valence-corrected chi connectivity index (χ4v) is 3.02. The predicted molar refractivity (Wildman–Crippen MR) is 103 cm³/mol.